The molecule has 2 aromatic rings. The fourth-order valence-electron chi connectivity index (χ4n) is 3.49. The van der Waals surface area contributed by atoms with E-state index in [0.717, 1.165) is 12.1 Å². The Labute approximate surface area is 159 Å². The number of aliphatic carboxylic acids is 1. The summed E-state index contributed by atoms with van der Waals surface area (Å²) in [6.07, 6.45) is -3.99. The van der Waals surface area contributed by atoms with Crippen LogP contribution in [0.1, 0.15) is 35.1 Å². The number of alkyl halides is 3. The van der Waals surface area contributed by atoms with Crippen molar-refractivity contribution in [3.05, 3.63) is 41.2 Å². The van der Waals surface area contributed by atoms with Crippen LogP contribution in [0.25, 0.3) is 11.4 Å². The zero-order valence-corrected chi connectivity index (χ0v) is 15.4. The number of amides is 1. The van der Waals surface area contributed by atoms with Crippen molar-refractivity contribution in [3.8, 4) is 11.4 Å². The number of carboxylic acid groups (broad SMARTS) is 1. The van der Waals surface area contributed by atoms with Gasteiger partial charge in [-0.25, -0.2) is 4.98 Å². The lowest BCUT2D eigenvalue weighted by Gasteiger charge is -2.34. The molecule has 3 rings (SSSR count). The van der Waals surface area contributed by atoms with E-state index < -0.39 is 29.5 Å². The number of piperidine rings is 1. The Morgan fingerprint density at radius 3 is 2.64 bits per heavy atom. The lowest BCUT2D eigenvalue weighted by molar-refractivity contribution is -0.143. The summed E-state index contributed by atoms with van der Waals surface area (Å²) in [6, 6.07) is 4.69. The predicted molar refractivity (Wildman–Crippen MR) is 94.6 cm³/mol. The zero-order chi connectivity index (χ0) is 20.6. The number of carbonyl (C=O) groups excluding carboxylic acids is 1. The van der Waals surface area contributed by atoms with Crippen molar-refractivity contribution < 1.29 is 27.9 Å². The first-order valence-electron chi connectivity index (χ1n) is 8.82. The molecular weight excluding hydrogens is 375 g/mol. The van der Waals surface area contributed by atoms with Gasteiger partial charge in [-0.15, -0.1) is 0 Å². The number of nitrogens with zero attached hydrogens (tertiary/aromatic N) is 2. The van der Waals surface area contributed by atoms with Gasteiger partial charge in [0.25, 0.3) is 5.91 Å². The third-order valence-electron chi connectivity index (χ3n) is 4.85. The second kappa shape index (κ2) is 7.29. The first-order valence-corrected chi connectivity index (χ1v) is 8.82. The van der Waals surface area contributed by atoms with Gasteiger partial charge in [0.05, 0.1) is 11.5 Å². The fraction of sp³-hybridized carbons (Fsp3) is 0.421. The fourth-order valence-corrected chi connectivity index (χ4v) is 3.49. The van der Waals surface area contributed by atoms with Crippen LogP contribution in [-0.4, -0.2) is 44.9 Å². The summed E-state index contributed by atoms with van der Waals surface area (Å²) >= 11 is 0. The molecule has 1 amide bonds. The maximum Gasteiger partial charge on any atom is 0.416 e. The van der Waals surface area contributed by atoms with Gasteiger partial charge in [0.15, 0.2) is 0 Å². The highest BCUT2D eigenvalue weighted by atomic mass is 19.4. The van der Waals surface area contributed by atoms with Crippen LogP contribution in [0, 0.1) is 18.8 Å². The number of benzene rings is 1. The van der Waals surface area contributed by atoms with Crippen molar-refractivity contribution in [2.45, 2.75) is 26.4 Å². The molecule has 9 heteroatoms. The summed E-state index contributed by atoms with van der Waals surface area (Å²) in [5.41, 5.74) is -0.0818. The third-order valence-corrected chi connectivity index (χ3v) is 4.85. The molecule has 6 nitrogen and oxygen atoms in total. The molecule has 1 aliphatic rings. The van der Waals surface area contributed by atoms with Crippen LogP contribution in [0.2, 0.25) is 0 Å². The van der Waals surface area contributed by atoms with E-state index in [1.165, 1.54) is 17.0 Å². The van der Waals surface area contributed by atoms with Crippen molar-refractivity contribution in [1.82, 2.24) is 14.9 Å². The average molecular weight is 395 g/mol. The smallest absolute Gasteiger partial charge is 0.416 e. The van der Waals surface area contributed by atoms with Crippen molar-refractivity contribution in [2.24, 2.45) is 11.8 Å². The Morgan fingerprint density at radius 2 is 2.00 bits per heavy atom. The molecule has 0 aliphatic carbocycles. The predicted octanol–water partition coefficient (Wildman–Crippen LogP) is 3.59. The molecule has 0 saturated carbocycles. The van der Waals surface area contributed by atoms with E-state index in [4.69, 9.17) is 0 Å². The number of carbonyl (C=O) groups is 2. The van der Waals surface area contributed by atoms with E-state index in [1.54, 1.807) is 6.92 Å². The van der Waals surface area contributed by atoms with Crippen molar-refractivity contribution in [3.63, 3.8) is 0 Å². The second-order valence-electron chi connectivity index (χ2n) is 7.22. The molecule has 28 heavy (non-hydrogen) atoms. The van der Waals surface area contributed by atoms with Crippen LogP contribution in [-0.2, 0) is 11.0 Å². The number of hydrogen-bond donors (Lipinski definition) is 2. The van der Waals surface area contributed by atoms with Gasteiger partial charge < -0.3 is 15.0 Å². The Kier molecular flexibility index (Phi) is 5.18. The Balaban J connectivity index is 1.88. The van der Waals surface area contributed by atoms with Gasteiger partial charge in [-0.2, -0.15) is 13.2 Å². The number of carboxylic acids is 1. The number of hydrogen-bond acceptors (Lipinski definition) is 3. The van der Waals surface area contributed by atoms with Crippen LogP contribution in [0.3, 0.4) is 0 Å². The molecule has 0 radical (unpaired) electrons. The van der Waals surface area contributed by atoms with E-state index in [9.17, 15) is 27.9 Å². The van der Waals surface area contributed by atoms with E-state index in [0.29, 0.717) is 18.7 Å². The normalized spacial score (nSPS) is 20.2. The first-order chi connectivity index (χ1) is 13.1. The minimum Gasteiger partial charge on any atom is -0.481 e. The maximum absolute atomic E-state index is 12.9. The van der Waals surface area contributed by atoms with Gasteiger partial charge in [-0.1, -0.05) is 19.1 Å². The molecule has 2 atom stereocenters. The van der Waals surface area contributed by atoms with Crippen LogP contribution >= 0.6 is 0 Å². The highest BCUT2D eigenvalue weighted by Crippen LogP contribution is 2.32. The number of imidazole rings is 1. The summed E-state index contributed by atoms with van der Waals surface area (Å²) in [5, 5.41) is 9.27. The highest BCUT2D eigenvalue weighted by Gasteiger charge is 2.34. The SMILES string of the molecule is Cc1[nH]c(-c2cccc(C(F)(F)F)c2)nc1C(=O)N1CC(C)CC(C(=O)O)C1. The summed E-state index contributed by atoms with van der Waals surface area (Å²) in [5.74, 6) is -1.83. The molecule has 1 aliphatic heterocycles. The van der Waals surface area contributed by atoms with E-state index in [-0.39, 0.29) is 29.5 Å². The quantitative estimate of drug-likeness (QED) is 0.832. The number of aromatic nitrogens is 2. The van der Waals surface area contributed by atoms with Gasteiger partial charge in [0.1, 0.15) is 11.5 Å². The summed E-state index contributed by atoms with van der Waals surface area (Å²) in [6.45, 7) is 3.98. The van der Waals surface area contributed by atoms with E-state index in [2.05, 4.69) is 9.97 Å². The van der Waals surface area contributed by atoms with Crippen molar-refractivity contribution in [2.75, 3.05) is 13.1 Å². The number of nitrogens with one attached hydrogen (secondary N) is 1. The highest BCUT2D eigenvalue weighted by molar-refractivity contribution is 5.94. The molecule has 2 unspecified atom stereocenters. The van der Waals surface area contributed by atoms with Crippen molar-refractivity contribution >= 4 is 11.9 Å². The number of likely N-dealkylation sites (tertiary alicyclic amines) is 1. The maximum atomic E-state index is 12.9. The molecule has 150 valence electrons. The number of H-pyrrole nitrogens is 1. The molecule has 2 heterocycles. The zero-order valence-electron chi connectivity index (χ0n) is 15.4. The molecule has 0 bridgehead atoms. The molecular formula is C19H20F3N3O3. The van der Waals surface area contributed by atoms with Crippen LogP contribution in [0.5, 0.6) is 0 Å². The topological polar surface area (TPSA) is 86.3 Å². The van der Waals surface area contributed by atoms with Crippen LogP contribution < -0.4 is 0 Å². The Hall–Kier alpha value is -2.84. The molecule has 1 saturated heterocycles. The number of rotatable bonds is 3. The van der Waals surface area contributed by atoms with Crippen molar-refractivity contribution in [1.29, 1.82) is 0 Å². The minimum absolute atomic E-state index is 0.0287. The molecule has 1 fully saturated rings. The van der Waals surface area contributed by atoms with Gasteiger partial charge in [0, 0.05) is 24.3 Å². The number of halogens is 3. The lowest BCUT2D eigenvalue weighted by atomic mass is 9.90. The monoisotopic (exact) mass is 395 g/mol. The molecule has 0 spiro atoms. The summed E-state index contributed by atoms with van der Waals surface area (Å²) < 4.78 is 38.8. The van der Waals surface area contributed by atoms with Crippen LogP contribution in [0.4, 0.5) is 13.2 Å². The average Bonchev–Trinajstić information content (AvgIpc) is 3.01. The van der Waals surface area contributed by atoms with Gasteiger partial charge in [0.2, 0.25) is 0 Å². The first kappa shape index (κ1) is 19.9. The Morgan fingerprint density at radius 1 is 1.29 bits per heavy atom. The number of aryl methyl sites for hydroxylation is 1. The largest absolute Gasteiger partial charge is 0.481 e. The van der Waals surface area contributed by atoms with Gasteiger partial charge >= 0.3 is 12.1 Å². The molecule has 1 aromatic carbocycles. The molecule has 1 aromatic heterocycles. The lowest BCUT2D eigenvalue weighted by Crippen LogP contribution is -2.45. The summed E-state index contributed by atoms with van der Waals surface area (Å²) in [4.78, 5) is 32.7. The molecule has 2 N–H and O–H groups in total. The second-order valence-corrected chi connectivity index (χ2v) is 7.22. The Bertz CT molecular complexity index is 907. The third kappa shape index (κ3) is 4.02. The standard InChI is InChI=1S/C19H20F3N3O3/c1-10-6-13(18(27)28)9-25(8-10)17(26)15-11(2)23-16(24-15)12-4-3-5-14(7-12)19(20,21)22/h3-5,7,10,13H,6,8-9H2,1-2H3,(H,23,24)(H,27,28). The summed E-state index contributed by atoms with van der Waals surface area (Å²) in [7, 11) is 0. The van der Waals surface area contributed by atoms with Crippen LogP contribution in [0.15, 0.2) is 24.3 Å². The van der Waals surface area contributed by atoms with Gasteiger partial charge in [-0.05, 0) is 31.4 Å². The van der Waals surface area contributed by atoms with E-state index in [1.807, 2.05) is 6.92 Å². The van der Waals surface area contributed by atoms with Gasteiger partial charge in [-0.3, -0.25) is 9.59 Å². The minimum atomic E-state index is -4.48. The number of aromatic amines is 1. The van der Waals surface area contributed by atoms with E-state index >= 15 is 0 Å².